The molecule has 0 bridgehead atoms. The molecule has 18 N–H and O–H groups in total. The van der Waals surface area contributed by atoms with Gasteiger partial charge in [-0.1, -0.05) is 26.0 Å². The zero-order valence-corrected chi connectivity index (χ0v) is 47.6. The summed E-state index contributed by atoms with van der Waals surface area (Å²) in [6, 6.07) is 0.487. The van der Waals surface area contributed by atoms with Crippen molar-refractivity contribution < 1.29 is 81.8 Å². The Labute approximate surface area is 480 Å². The fourth-order valence-corrected chi connectivity index (χ4v) is 10.1. The van der Waals surface area contributed by atoms with Crippen molar-refractivity contribution in [1.29, 1.82) is 0 Å². The number of aliphatic carboxylic acids is 2. The second kappa shape index (κ2) is 32.1. The molecule has 2 saturated heterocycles. The van der Waals surface area contributed by atoms with Crippen molar-refractivity contribution >= 4 is 71.2 Å². The first-order valence-corrected chi connectivity index (χ1v) is 27.5. The van der Waals surface area contributed by atoms with Gasteiger partial charge in [-0.05, 0) is 88.3 Å². The number of nitrogens with zero attached hydrogens (tertiary/aromatic N) is 2. The Bertz CT molecular complexity index is 2500. The van der Waals surface area contributed by atoms with E-state index in [0.717, 1.165) is 12.8 Å². The van der Waals surface area contributed by atoms with E-state index in [2.05, 4.69) is 55.7 Å². The first kappa shape index (κ1) is 67.6. The van der Waals surface area contributed by atoms with Crippen molar-refractivity contribution in [2.45, 2.75) is 158 Å². The third-order valence-electron chi connectivity index (χ3n) is 14.6. The Morgan fingerprint density at radius 1 is 0.723 bits per heavy atom. The second-order valence-electron chi connectivity index (χ2n) is 21.5. The summed E-state index contributed by atoms with van der Waals surface area (Å²) in [5.74, 6) is -10.8. The lowest BCUT2D eigenvalue weighted by molar-refractivity contribution is -0.142. The van der Waals surface area contributed by atoms with E-state index in [1.54, 1.807) is 24.3 Å². The lowest BCUT2D eigenvalue weighted by Crippen LogP contribution is -2.57. The molecule has 0 radical (unpaired) electrons. The zero-order chi connectivity index (χ0) is 61.6. The number of carbonyl (C=O) groups is 10. The lowest BCUT2D eigenvalue weighted by atomic mass is 9.68. The smallest absolute Gasteiger partial charge is 0.407 e. The van der Waals surface area contributed by atoms with Crippen LogP contribution in [0.3, 0.4) is 0 Å². The van der Waals surface area contributed by atoms with E-state index in [4.69, 9.17) is 57.5 Å². The van der Waals surface area contributed by atoms with Crippen LogP contribution in [0.25, 0.3) is 0 Å². The summed E-state index contributed by atoms with van der Waals surface area (Å²) in [5, 5.41) is 33.7. The average Bonchev–Trinajstić information content (AvgIpc) is 2.01. The molecule has 0 unspecified atom stereocenters. The molecule has 0 aromatic heterocycles. The molecule has 30 nitrogen and oxygen atoms in total. The van der Waals surface area contributed by atoms with E-state index in [1.807, 2.05) is 6.92 Å². The van der Waals surface area contributed by atoms with E-state index >= 15 is 0 Å². The van der Waals surface area contributed by atoms with Gasteiger partial charge >= 0.3 is 18.0 Å². The molecule has 7 amide bonds. The molecule has 4 rings (SSSR count). The molecule has 2 heterocycles. The number of amides is 7. The Hall–Kier alpha value is -7.86. The molecule has 83 heavy (non-hydrogen) atoms. The van der Waals surface area contributed by atoms with E-state index in [0.29, 0.717) is 36.7 Å². The molecule has 30 heteroatoms. The maximum Gasteiger partial charge on any atom is 0.407 e. The fraction of sp³-hybridized carbons (Fsp3) is 0.660. The molecule has 462 valence electrons. The Kier molecular flexibility index (Phi) is 26.2. The number of nitrogens with two attached hydrogens (primary N) is 5. The summed E-state index contributed by atoms with van der Waals surface area (Å²) < 4.78 is 29.3. The summed E-state index contributed by atoms with van der Waals surface area (Å²) in [6.07, 6.45) is -2.19. The summed E-state index contributed by atoms with van der Waals surface area (Å²) in [7, 11) is 2.96. The van der Waals surface area contributed by atoms with Crippen molar-refractivity contribution in [2.24, 2.45) is 56.4 Å². The minimum Gasteiger partial charge on any atom is -0.497 e. The molecule has 11 atom stereocenters. The highest BCUT2D eigenvalue weighted by Gasteiger charge is 2.72. The van der Waals surface area contributed by atoms with Gasteiger partial charge in [-0.3, -0.25) is 53.1 Å². The monoisotopic (exact) mass is 1170 g/mol. The summed E-state index contributed by atoms with van der Waals surface area (Å²) in [4.78, 5) is 139. The number of hydrogen-bond acceptors (Lipinski definition) is 17. The predicted octanol–water partition coefficient (Wildman–Crippen LogP) is -2.32. The van der Waals surface area contributed by atoms with Gasteiger partial charge < -0.3 is 94.5 Å². The number of Topliss-reactive ketones (excluding diaryl/α,β-unsaturated/α-hetero) is 1. The largest absolute Gasteiger partial charge is 0.497 e. The van der Waals surface area contributed by atoms with Crippen molar-refractivity contribution in [3.05, 3.63) is 29.8 Å². The van der Waals surface area contributed by atoms with Gasteiger partial charge in [0.25, 0.3) is 0 Å². The average molecular weight is 1170 g/mol. The van der Waals surface area contributed by atoms with E-state index in [9.17, 15) is 53.1 Å². The molecule has 1 saturated carbocycles. The van der Waals surface area contributed by atoms with Crippen LogP contribution in [0.4, 0.5) is 4.79 Å². The highest BCUT2D eigenvalue weighted by atomic mass is 16.6. The molecule has 3 aliphatic rings. The third-order valence-corrected chi connectivity index (χ3v) is 14.6. The van der Waals surface area contributed by atoms with Crippen LogP contribution in [0, 0.1) is 17.8 Å². The van der Waals surface area contributed by atoms with Crippen molar-refractivity contribution in [2.75, 3.05) is 47.0 Å². The summed E-state index contributed by atoms with van der Waals surface area (Å²) in [6.45, 7) is 5.50. The van der Waals surface area contributed by atoms with E-state index < -0.39 is 145 Å². The number of epoxide rings is 2. The number of nitrogens with one attached hydrogen (secondary N) is 6. The molecule has 1 aliphatic carbocycles. The van der Waals surface area contributed by atoms with Gasteiger partial charge in [-0.25, -0.2) is 4.79 Å². The second-order valence-corrected chi connectivity index (χ2v) is 21.5. The van der Waals surface area contributed by atoms with Crippen LogP contribution >= 0.6 is 0 Å². The van der Waals surface area contributed by atoms with Crippen LogP contribution in [0.15, 0.2) is 34.3 Å². The number of carbonyl (C=O) groups excluding carboxylic acids is 8. The number of carboxylic acids is 2. The SMILES string of the molecule is COc1ccc(C[C@H](NC(=O)[C@H](CC(=O)O)CC(=O)CNC(=O)[C@H](CCCN=C(N)N)NC(=O)CNC(=O)O[C@@H]2CC[C@]3(CO3)[C@@H]([C@@]3(C)O[C@@H]3CCC(C)C)[C@@H]2OC)C(=O)N[C@@H](CCCN=C(N)N)C(=O)N[C@@H](CCC(=O)O)C(N)=O)cc1. The number of ketones is 1. The van der Waals surface area contributed by atoms with Gasteiger partial charge in [-0.15, -0.1) is 0 Å². The standard InChI is InChI=1S/C53H83N13O17/c1-28(2)10-16-38-52(3,83-38)43-42(80-5)37(18-19-53(43)27-81-53)82-51(78)62-26-39(68)63-34(8-6-20-59-49(55)56)46(75)61-25-31(67)23-30(24-41(71)72)45(74)66-36(22-29-11-13-32(79-4)14-12-29)48(77)65-35(9-7-21-60-50(57)58)47(76)64-33(44(54)73)15-17-40(69)70/h11-14,28,30,33-38,42-43H,6-10,15-27H2,1-5H3,(H2,54,73)(H,61,75)(H,62,78)(H,63,68)(H,64,76)(H,65,77)(H,66,74)(H,69,70)(H,71,72)(H4,55,56,59)(H4,57,58,60)/t30-,33-,34-,35-,36-,37+,38+,42+,43+,52-,53-/m0/s1. The van der Waals surface area contributed by atoms with Gasteiger partial charge in [-0.2, -0.15) is 0 Å². The molecule has 3 fully saturated rings. The number of hydrogen-bond donors (Lipinski definition) is 13. The van der Waals surface area contributed by atoms with Crippen LogP contribution in [0.2, 0.25) is 0 Å². The number of guanidine groups is 2. The normalized spacial score (nSPS) is 22.1. The van der Waals surface area contributed by atoms with E-state index in [-0.39, 0.29) is 75.6 Å². The minimum atomic E-state index is -1.63. The van der Waals surface area contributed by atoms with Crippen molar-refractivity contribution in [3.8, 4) is 5.75 Å². The van der Waals surface area contributed by atoms with Gasteiger partial charge in [0.2, 0.25) is 35.4 Å². The van der Waals surface area contributed by atoms with Gasteiger partial charge in [0.15, 0.2) is 17.7 Å². The maximum absolute atomic E-state index is 14.2. The Balaban J connectivity index is 1.44. The van der Waals surface area contributed by atoms with Gasteiger partial charge in [0.05, 0.1) is 44.6 Å². The maximum atomic E-state index is 14.2. The van der Waals surface area contributed by atoms with Crippen LogP contribution in [-0.2, 0) is 68.5 Å². The lowest BCUT2D eigenvalue weighted by Gasteiger charge is -2.42. The zero-order valence-electron chi connectivity index (χ0n) is 47.6. The number of rotatable bonds is 37. The summed E-state index contributed by atoms with van der Waals surface area (Å²) >= 11 is 0. The molecule has 1 aromatic carbocycles. The van der Waals surface area contributed by atoms with Crippen LogP contribution < -0.4 is 65.3 Å². The number of primary amides is 1. The number of alkyl carbamates (subject to hydrolysis) is 1. The van der Waals surface area contributed by atoms with Crippen molar-refractivity contribution in [1.82, 2.24) is 31.9 Å². The Morgan fingerprint density at radius 2 is 1.31 bits per heavy atom. The summed E-state index contributed by atoms with van der Waals surface area (Å²) in [5.41, 5.74) is 26.7. The molecule has 1 aromatic rings. The van der Waals surface area contributed by atoms with Crippen LogP contribution in [-0.4, -0.2) is 182 Å². The van der Waals surface area contributed by atoms with Gasteiger partial charge in [0, 0.05) is 39.5 Å². The molecule has 1 spiro atoms. The highest BCUT2D eigenvalue weighted by molar-refractivity contribution is 5.97. The number of ether oxygens (including phenoxy) is 5. The Morgan fingerprint density at radius 3 is 1.86 bits per heavy atom. The third kappa shape index (κ3) is 22.1. The molecular formula is C53H83N13O17. The first-order chi connectivity index (χ1) is 39.2. The topological polar surface area (TPSA) is 491 Å². The molecule has 2 aliphatic heterocycles. The van der Waals surface area contributed by atoms with Gasteiger partial charge in [0.1, 0.15) is 59.9 Å². The molecular weight excluding hydrogens is 1090 g/mol. The number of aliphatic imine (C=N–C) groups is 2. The minimum absolute atomic E-state index is 0.00734. The fourth-order valence-electron chi connectivity index (χ4n) is 10.1. The van der Waals surface area contributed by atoms with Crippen molar-refractivity contribution in [3.63, 3.8) is 0 Å². The van der Waals surface area contributed by atoms with E-state index in [1.165, 1.54) is 14.2 Å². The van der Waals surface area contributed by atoms with Crippen LogP contribution in [0.1, 0.15) is 103 Å². The van der Waals surface area contributed by atoms with Crippen LogP contribution in [0.5, 0.6) is 5.75 Å². The number of carboxylic acid groups (broad SMARTS) is 2. The first-order valence-electron chi connectivity index (χ1n) is 27.5. The highest BCUT2D eigenvalue weighted by Crippen LogP contribution is 2.59. The number of methoxy groups -OCH3 is 2. The number of benzene rings is 1. The quantitative estimate of drug-likeness (QED) is 0.0144. The predicted molar refractivity (Wildman–Crippen MR) is 297 cm³/mol.